The molecule has 0 atom stereocenters. The van der Waals surface area contributed by atoms with E-state index in [0.29, 0.717) is 18.4 Å². The molecule has 0 aliphatic carbocycles. The van der Waals surface area contributed by atoms with Crippen LogP contribution in [0.2, 0.25) is 0 Å². The van der Waals surface area contributed by atoms with Gasteiger partial charge in [-0.1, -0.05) is 51.8 Å². The van der Waals surface area contributed by atoms with Crippen LogP contribution in [-0.4, -0.2) is 52.3 Å². The summed E-state index contributed by atoms with van der Waals surface area (Å²) < 4.78 is 5.10. The zero-order valence-electron chi connectivity index (χ0n) is 18.2. The van der Waals surface area contributed by atoms with Gasteiger partial charge < -0.3 is 15.0 Å². The number of aryl methyl sites for hydroxylation is 1. The molecule has 3 amide bonds. The number of rotatable bonds is 10. The molecular formula is C23H29N3O5. The van der Waals surface area contributed by atoms with Gasteiger partial charge in [-0.05, 0) is 24.8 Å². The number of fused-ring (bicyclic) bond motifs is 1. The first-order valence-corrected chi connectivity index (χ1v) is 10.8. The molecule has 0 radical (unpaired) electrons. The van der Waals surface area contributed by atoms with Gasteiger partial charge in [-0.15, -0.1) is 0 Å². The molecule has 8 nitrogen and oxygen atoms in total. The predicted octanol–water partition coefficient (Wildman–Crippen LogP) is 3.35. The average Bonchev–Trinajstić information content (AvgIpc) is 3.28. The number of urea groups is 1. The molecule has 2 heterocycles. The van der Waals surface area contributed by atoms with Crippen molar-refractivity contribution >= 4 is 34.6 Å². The first kappa shape index (κ1) is 22.5. The maximum Gasteiger partial charge on any atom is 0.326 e. The normalized spacial score (nSPS) is 15.4. The summed E-state index contributed by atoms with van der Waals surface area (Å²) in [7, 11) is 0. The minimum atomic E-state index is -0.961. The van der Waals surface area contributed by atoms with Crippen LogP contribution in [0.15, 0.2) is 24.4 Å². The van der Waals surface area contributed by atoms with E-state index >= 15 is 0 Å². The van der Waals surface area contributed by atoms with Crippen molar-refractivity contribution in [3.8, 4) is 0 Å². The monoisotopic (exact) mass is 427 g/mol. The average molecular weight is 428 g/mol. The standard InChI is InChI=1S/C23H29N3O5/c1-4-10-23(11-5-2)21(29)26(22(30)25-23)13-19(28)31-14-18(27)17-12-24-20-15(6-3)8-7-9-16(17)20/h7-9,12,24H,4-6,10-11,13-14H2,1-3H3,(H,25,30). The molecule has 3 rings (SSSR count). The molecule has 0 saturated carbocycles. The number of ketones is 1. The van der Waals surface area contributed by atoms with Gasteiger partial charge in [-0.2, -0.15) is 0 Å². The second-order valence-corrected chi connectivity index (χ2v) is 7.88. The van der Waals surface area contributed by atoms with E-state index < -0.39 is 36.6 Å². The number of Topliss-reactive ketones (excluding diaryl/α,β-unsaturated/α-hetero) is 1. The van der Waals surface area contributed by atoms with Crippen molar-refractivity contribution in [1.29, 1.82) is 0 Å². The molecule has 1 aliphatic rings. The Morgan fingerprint density at radius 2 is 1.81 bits per heavy atom. The number of H-pyrrole nitrogens is 1. The maximum atomic E-state index is 12.8. The lowest BCUT2D eigenvalue weighted by Gasteiger charge is -2.25. The van der Waals surface area contributed by atoms with E-state index in [2.05, 4.69) is 10.3 Å². The first-order valence-electron chi connectivity index (χ1n) is 10.8. The van der Waals surface area contributed by atoms with E-state index in [9.17, 15) is 19.2 Å². The van der Waals surface area contributed by atoms with E-state index in [1.165, 1.54) is 0 Å². The number of amides is 3. The summed E-state index contributed by atoms with van der Waals surface area (Å²) >= 11 is 0. The lowest BCUT2D eigenvalue weighted by molar-refractivity contribution is -0.147. The Kier molecular flexibility index (Phi) is 6.77. The highest BCUT2D eigenvalue weighted by Crippen LogP contribution is 2.28. The number of nitrogens with one attached hydrogen (secondary N) is 2. The summed E-state index contributed by atoms with van der Waals surface area (Å²) in [6.45, 7) is 4.94. The van der Waals surface area contributed by atoms with Crippen LogP contribution >= 0.6 is 0 Å². The number of aromatic nitrogens is 1. The van der Waals surface area contributed by atoms with Gasteiger partial charge in [0.1, 0.15) is 12.1 Å². The molecule has 2 aromatic rings. The Bertz CT molecular complexity index is 1000. The molecule has 2 N–H and O–H groups in total. The van der Waals surface area contributed by atoms with E-state index in [-0.39, 0.29) is 5.78 Å². The number of nitrogens with zero attached hydrogens (tertiary/aromatic N) is 1. The number of carbonyl (C=O) groups excluding carboxylic acids is 4. The molecule has 1 fully saturated rings. The highest BCUT2D eigenvalue weighted by atomic mass is 16.5. The second-order valence-electron chi connectivity index (χ2n) is 7.88. The quantitative estimate of drug-likeness (QED) is 0.343. The summed E-state index contributed by atoms with van der Waals surface area (Å²) in [5.41, 5.74) is 1.47. The van der Waals surface area contributed by atoms with Gasteiger partial charge in [0.15, 0.2) is 6.61 Å². The van der Waals surface area contributed by atoms with Crippen LogP contribution in [0.4, 0.5) is 4.79 Å². The van der Waals surface area contributed by atoms with Crippen LogP contribution in [0.1, 0.15) is 62.4 Å². The third-order valence-corrected chi connectivity index (χ3v) is 5.73. The molecule has 8 heteroatoms. The Labute approximate surface area is 181 Å². The van der Waals surface area contributed by atoms with Crippen LogP contribution in [0.25, 0.3) is 10.9 Å². The molecule has 0 unspecified atom stereocenters. The Morgan fingerprint density at radius 3 is 2.45 bits per heavy atom. The SMILES string of the molecule is CCCC1(CCC)NC(=O)N(CC(=O)OCC(=O)c2c[nH]c3c(CC)cccc23)C1=O. The summed E-state index contributed by atoms with van der Waals surface area (Å²) in [5, 5.41) is 3.53. The smallest absolute Gasteiger partial charge is 0.326 e. The number of benzene rings is 1. The number of ether oxygens (including phenoxy) is 1. The predicted molar refractivity (Wildman–Crippen MR) is 116 cm³/mol. The zero-order chi connectivity index (χ0) is 22.6. The topological polar surface area (TPSA) is 109 Å². The van der Waals surface area contributed by atoms with E-state index in [1.807, 2.05) is 39.0 Å². The second kappa shape index (κ2) is 9.32. The van der Waals surface area contributed by atoms with Gasteiger partial charge in [-0.25, -0.2) is 4.79 Å². The summed E-state index contributed by atoms with van der Waals surface area (Å²) in [4.78, 5) is 54.1. The molecule has 31 heavy (non-hydrogen) atoms. The third kappa shape index (κ3) is 4.33. The maximum absolute atomic E-state index is 12.8. The number of aromatic amines is 1. The fourth-order valence-corrected chi connectivity index (χ4v) is 4.28. The highest BCUT2D eigenvalue weighted by molar-refractivity contribution is 6.10. The molecule has 1 aromatic heterocycles. The summed E-state index contributed by atoms with van der Waals surface area (Å²) in [5.74, 6) is -1.56. The molecule has 1 aliphatic heterocycles. The van der Waals surface area contributed by atoms with Crippen LogP contribution in [0.5, 0.6) is 0 Å². The van der Waals surface area contributed by atoms with Crippen molar-refractivity contribution in [2.45, 2.75) is 58.4 Å². The number of imide groups is 1. The van der Waals surface area contributed by atoms with Gasteiger partial charge in [0.25, 0.3) is 5.91 Å². The molecule has 166 valence electrons. The highest BCUT2D eigenvalue weighted by Gasteiger charge is 2.50. The number of para-hydroxylation sites is 1. The van der Waals surface area contributed by atoms with Crippen molar-refractivity contribution in [2.24, 2.45) is 0 Å². The van der Waals surface area contributed by atoms with E-state index in [1.54, 1.807) is 6.20 Å². The van der Waals surface area contributed by atoms with Gasteiger partial charge in [0.2, 0.25) is 5.78 Å². The Hall–Kier alpha value is -3.16. The lowest BCUT2D eigenvalue weighted by Crippen LogP contribution is -2.47. The number of carbonyl (C=O) groups is 4. The molecule has 0 spiro atoms. The fraction of sp³-hybridized carbons (Fsp3) is 0.478. The Balaban J connectivity index is 1.63. The zero-order valence-corrected chi connectivity index (χ0v) is 18.2. The van der Waals surface area contributed by atoms with Crippen molar-refractivity contribution in [2.75, 3.05) is 13.2 Å². The van der Waals surface area contributed by atoms with E-state index in [4.69, 9.17) is 4.74 Å². The molecular weight excluding hydrogens is 398 g/mol. The Morgan fingerprint density at radius 1 is 1.10 bits per heavy atom. The third-order valence-electron chi connectivity index (χ3n) is 5.73. The molecule has 0 bridgehead atoms. The van der Waals surface area contributed by atoms with E-state index in [0.717, 1.165) is 40.6 Å². The number of esters is 1. The van der Waals surface area contributed by atoms with Crippen molar-refractivity contribution < 1.29 is 23.9 Å². The van der Waals surface area contributed by atoms with Crippen LogP contribution in [0, 0.1) is 0 Å². The first-order chi connectivity index (χ1) is 14.9. The fourth-order valence-electron chi connectivity index (χ4n) is 4.28. The van der Waals surface area contributed by atoms with Crippen LogP contribution < -0.4 is 5.32 Å². The van der Waals surface area contributed by atoms with Gasteiger partial charge in [0, 0.05) is 22.7 Å². The lowest BCUT2D eigenvalue weighted by atomic mass is 9.88. The van der Waals surface area contributed by atoms with Crippen molar-refractivity contribution in [3.05, 3.63) is 35.5 Å². The minimum absolute atomic E-state index is 0.351. The molecule has 1 aromatic carbocycles. The molecule has 1 saturated heterocycles. The largest absolute Gasteiger partial charge is 0.456 e. The minimum Gasteiger partial charge on any atom is -0.456 e. The van der Waals surface area contributed by atoms with Crippen molar-refractivity contribution in [3.63, 3.8) is 0 Å². The van der Waals surface area contributed by atoms with Crippen molar-refractivity contribution in [1.82, 2.24) is 15.2 Å². The van der Waals surface area contributed by atoms with Crippen LogP contribution in [0.3, 0.4) is 0 Å². The summed E-state index contributed by atoms with van der Waals surface area (Å²) in [6.07, 6.45) is 4.91. The van der Waals surface area contributed by atoms with Gasteiger partial charge in [0.05, 0.1) is 0 Å². The summed E-state index contributed by atoms with van der Waals surface area (Å²) in [6, 6.07) is 5.11. The van der Waals surface area contributed by atoms with Gasteiger partial charge >= 0.3 is 12.0 Å². The van der Waals surface area contributed by atoms with Gasteiger partial charge in [-0.3, -0.25) is 19.3 Å². The van der Waals surface area contributed by atoms with Crippen LogP contribution in [-0.2, 0) is 20.7 Å². The number of hydrogen-bond donors (Lipinski definition) is 2. The number of hydrogen-bond acceptors (Lipinski definition) is 5.